The van der Waals surface area contributed by atoms with E-state index in [1.807, 2.05) is 57.5 Å². The molecule has 0 unspecified atom stereocenters. The molecule has 648 valence electrons. The first-order chi connectivity index (χ1) is 56.4. The minimum Gasteiger partial charge on any atom is -0.394 e. The number of sulfonamides is 3. The first-order valence-corrected chi connectivity index (χ1v) is 45.5. The number of hydrogen-bond donors (Lipinski definition) is 10. The Bertz CT molecular complexity index is 4280. The van der Waals surface area contributed by atoms with Crippen LogP contribution < -0.4 is 40.8 Å². The Kier molecular flexibility index (Phi) is 38.2. The molecule has 0 spiro atoms. The topological polar surface area (TPSA) is 372 Å². The fourth-order valence-electron chi connectivity index (χ4n) is 14.3. The van der Waals surface area contributed by atoms with Crippen LogP contribution >= 0.6 is 69.6 Å². The quantitative estimate of drug-likeness (QED) is 0.0163. The van der Waals surface area contributed by atoms with Crippen LogP contribution in [0.25, 0.3) is 0 Å². The van der Waals surface area contributed by atoms with E-state index in [0.29, 0.717) is 69.4 Å². The zero-order valence-corrected chi connectivity index (χ0v) is 73.1. The van der Waals surface area contributed by atoms with E-state index in [-0.39, 0.29) is 190 Å². The van der Waals surface area contributed by atoms with Crippen molar-refractivity contribution in [2.24, 2.45) is 0 Å². The van der Waals surface area contributed by atoms with Crippen molar-refractivity contribution in [2.75, 3.05) is 173 Å². The number of aliphatic hydroxyl groups excluding tert-OH is 2. The predicted octanol–water partition coefficient (Wildman–Crippen LogP) is 7.75. The number of nitrogens with one attached hydrogen (secondary N) is 8. The van der Waals surface area contributed by atoms with Gasteiger partial charge in [-0.2, -0.15) is 0 Å². The monoisotopic (exact) mass is 1810 g/mol. The van der Waals surface area contributed by atoms with Gasteiger partial charge in [0.1, 0.15) is 0 Å². The maximum atomic E-state index is 13.7. The fraction of sp³-hybridized carbons (Fsp3) is 0.500. The van der Waals surface area contributed by atoms with Crippen molar-refractivity contribution in [2.45, 2.75) is 102 Å². The lowest BCUT2D eigenvalue weighted by atomic mass is 9.83. The molecule has 118 heavy (non-hydrogen) atoms. The summed E-state index contributed by atoms with van der Waals surface area (Å²) < 4.78 is 122. The average Bonchev–Trinajstić information content (AvgIpc) is 0.780. The SMILES string of the molecule is CN1Cc2c(Cl)cc(Cl)cc2[C@H](c2cccc(S(=O)(=O)NCCOCCOCCNC(=O)CCC(CCC(=O)NCCOCCOCCNS(=O)(=O)c3cccc([C@@H]4CN(C)Cc5c(Cl)cc(Cl)cc54)c3)(CCC(=O)NCCOCCOCCNS(=O)(=O)c3cccc([C@@H]4CN(C)Cc5c(Cl)cc(Cl)cc54)c3)NC(=O)NC(CO)CO)c2)C1. The molecule has 38 heteroatoms. The number of fused-ring (bicyclic) bond motifs is 3. The molecule has 3 heterocycles. The van der Waals surface area contributed by atoms with Gasteiger partial charge >= 0.3 is 6.03 Å². The number of benzene rings is 6. The number of rotatable bonds is 49. The van der Waals surface area contributed by atoms with Gasteiger partial charge in [-0.05, 0) is 163 Å². The maximum Gasteiger partial charge on any atom is 0.315 e. The van der Waals surface area contributed by atoms with Crippen molar-refractivity contribution >= 4 is 123 Å². The molecule has 0 aromatic heterocycles. The predicted molar refractivity (Wildman–Crippen MR) is 453 cm³/mol. The third-order valence-electron chi connectivity index (χ3n) is 20.3. The third kappa shape index (κ3) is 29.4. The summed E-state index contributed by atoms with van der Waals surface area (Å²) in [6.07, 6.45) is -0.899. The zero-order chi connectivity index (χ0) is 85.0. The van der Waals surface area contributed by atoms with Crippen LogP contribution in [0.15, 0.2) is 124 Å². The Morgan fingerprint density at radius 2 is 0.695 bits per heavy atom. The normalized spacial score (nSPS) is 16.1. The van der Waals surface area contributed by atoms with Crippen LogP contribution in [0.2, 0.25) is 30.1 Å². The molecule has 0 saturated carbocycles. The molecule has 5 amide bonds. The van der Waals surface area contributed by atoms with E-state index >= 15 is 0 Å². The number of nitrogens with zero attached hydrogens (tertiary/aromatic N) is 3. The lowest BCUT2D eigenvalue weighted by molar-refractivity contribution is -0.121. The van der Waals surface area contributed by atoms with Gasteiger partial charge in [-0.15, -0.1) is 0 Å². The number of ether oxygens (including phenoxy) is 6. The fourth-order valence-corrected chi connectivity index (χ4v) is 19.2. The van der Waals surface area contributed by atoms with Crippen LogP contribution in [0.5, 0.6) is 0 Å². The minimum absolute atomic E-state index is 0.0239. The van der Waals surface area contributed by atoms with E-state index in [4.69, 9.17) is 98.0 Å². The van der Waals surface area contributed by atoms with Gasteiger partial charge in [0.15, 0.2) is 0 Å². The van der Waals surface area contributed by atoms with Gasteiger partial charge in [0.25, 0.3) is 0 Å². The van der Waals surface area contributed by atoms with Gasteiger partial charge < -0.3 is 79.9 Å². The molecule has 6 aromatic rings. The number of urea groups is 1. The summed E-state index contributed by atoms with van der Waals surface area (Å²) in [7, 11) is -5.85. The van der Waals surface area contributed by atoms with Crippen molar-refractivity contribution in [3.05, 3.63) is 189 Å². The summed E-state index contributed by atoms with van der Waals surface area (Å²) in [4.78, 5) is 61.1. The summed E-state index contributed by atoms with van der Waals surface area (Å²) in [5, 5.41) is 36.6. The Labute approximate surface area is 720 Å². The second-order valence-electron chi connectivity index (χ2n) is 29.2. The van der Waals surface area contributed by atoms with E-state index in [0.717, 1.165) is 50.1 Å². The van der Waals surface area contributed by atoms with Crippen LogP contribution in [-0.2, 0) is 92.5 Å². The van der Waals surface area contributed by atoms with Crippen LogP contribution in [-0.4, -0.2) is 258 Å². The van der Waals surface area contributed by atoms with Gasteiger partial charge in [0, 0.05) is 151 Å². The highest BCUT2D eigenvalue weighted by Crippen LogP contribution is 2.42. The Balaban J connectivity index is 0.711. The standard InChI is InChI=1S/C80H105Cl6N11O18S3/c1-95-46-67(64-40-57(81)43-73(84)70(64)49-95)54-7-4-10-61(37-54)116(104,105)90-22-28-113-34-31-110-25-19-87-76(100)13-16-80(94-79(103)93-60(52-98)53-99,17-14-77(101)88-20-26-111-32-35-114-29-23-91-117(106,107)62-11-5-8-55(38-62)68-47-96(2)50-71-65(68)41-58(82)44-74(71)85)18-15-78(102)89-21-27-112-33-36-115-30-24-92-118(108,109)63-12-6-9-56(39-63)69-48-97(3)51-72-66(69)42-59(83)45-75(72)86/h4-12,37-45,60,67-69,90-92,98-99H,13-36,46-53H2,1-3H3,(H,87,100)(H,88,101)(H,89,102)(H2,93,94,103)/t67-,68-,69-/m0/s1. The molecule has 3 aliphatic rings. The molecule has 0 fully saturated rings. The number of hydrogen-bond acceptors (Lipinski definition) is 21. The summed E-state index contributed by atoms with van der Waals surface area (Å²) in [6.45, 7) is 3.61. The molecule has 3 atom stereocenters. The van der Waals surface area contributed by atoms with E-state index in [2.05, 4.69) is 55.4 Å². The third-order valence-corrected chi connectivity index (χ3v) is 26.3. The molecule has 9 rings (SSSR count). The van der Waals surface area contributed by atoms with Crippen molar-refractivity contribution in [1.82, 2.24) is 55.4 Å². The van der Waals surface area contributed by atoms with Gasteiger partial charge in [-0.25, -0.2) is 44.2 Å². The second-order valence-corrected chi connectivity index (χ2v) is 37.0. The summed E-state index contributed by atoms with van der Waals surface area (Å²) in [5.74, 6) is -1.87. The van der Waals surface area contributed by atoms with Gasteiger partial charge in [-0.1, -0.05) is 106 Å². The molecule has 0 radical (unpaired) electrons. The summed E-state index contributed by atoms with van der Waals surface area (Å²) >= 11 is 38.9. The molecular weight excluding hydrogens is 1710 g/mol. The lowest BCUT2D eigenvalue weighted by Crippen LogP contribution is -2.56. The number of amides is 5. The maximum absolute atomic E-state index is 13.7. The average molecular weight is 1820 g/mol. The summed E-state index contributed by atoms with van der Waals surface area (Å²) in [6, 6.07) is 29.1. The van der Waals surface area contributed by atoms with Crippen molar-refractivity contribution in [1.29, 1.82) is 0 Å². The van der Waals surface area contributed by atoms with E-state index in [9.17, 15) is 54.6 Å². The highest BCUT2D eigenvalue weighted by molar-refractivity contribution is 7.90. The molecule has 29 nitrogen and oxygen atoms in total. The number of likely N-dealkylation sites (N-methyl/N-ethyl adjacent to an activating group) is 3. The second kappa shape index (κ2) is 47.0. The number of carbonyl (C=O) groups is 4. The molecule has 0 saturated heterocycles. The first-order valence-electron chi connectivity index (χ1n) is 38.8. The Morgan fingerprint density at radius 1 is 0.415 bits per heavy atom. The largest absolute Gasteiger partial charge is 0.394 e. The number of halogens is 6. The first kappa shape index (κ1) is 95.9. The smallest absolute Gasteiger partial charge is 0.315 e. The Morgan fingerprint density at radius 3 is 0.975 bits per heavy atom. The van der Waals surface area contributed by atoms with Crippen molar-refractivity contribution in [3.63, 3.8) is 0 Å². The highest BCUT2D eigenvalue weighted by Gasteiger charge is 2.36. The van der Waals surface area contributed by atoms with Crippen LogP contribution in [0.4, 0.5) is 4.79 Å². The van der Waals surface area contributed by atoms with Crippen molar-refractivity contribution < 1.29 is 83.1 Å². The van der Waals surface area contributed by atoms with Gasteiger partial charge in [-0.3, -0.25) is 14.4 Å². The van der Waals surface area contributed by atoms with Gasteiger partial charge in [0.05, 0.1) is 113 Å². The van der Waals surface area contributed by atoms with Crippen molar-refractivity contribution in [3.8, 4) is 0 Å². The minimum atomic E-state index is -3.92. The van der Waals surface area contributed by atoms with Gasteiger partial charge in [0.2, 0.25) is 47.8 Å². The molecule has 0 aliphatic carbocycles. The highest BCUT2D eigenvalue weighted by atomic mass is 35.5. The molecular formula is C80H105Cl6N11O18S3. The zero-order valence-electron chi connectivity index (χ0n) is 66.1. The molecule has 0 bridgehead atoms. The van der Waals surface area contributed by atoms with E-state index in [1.165, 1.54) is 18.2 Å². The van der Waals surface area contributed by atoms with Crippen LogP contribution in [0.1, 0.15) is 106 Å². The number of aliphatic hydroxyl groups is 2. The lowest BCUT2D eigenvalue weighted by Gasteiger charge is -2.35. The number of carbonyl (C=O) groups excluding carboxylic acids is 4. The molecule has 10 N–H and O–H groups in total. The Hall–Kier alpha value is -5.97. The van der Waals surface area contributed by atoms with Crippen LogP contribution in [0, 0.1) is 0 Å². The molecule has 6 aromatic carbocycles. The van der Waals surface area contributed by atoms with E-state index in [1.54, 1.807) is 54.6 Å². The van der Waals surface area contributed by atoms with Crippen LogP contribution in [0.3, 0.4) is 0 Å². The van der Waals surface area contributed by atoms with E-state index < -0.39 is 78.6 Å². The summed E-state index contributed by atoms with van der Waals surface area (Å²) in [5.41, 5.74) is 6.63. The molecule has 3 aliphatic heterocycles.